The fourth-order valence-electron chi connectivity index (χ4n) is 1.28. The molecule has 2 amide bonds. The van der Waals surface area contributed by atoms with Crippen LogP contribution in [0.5, 0.6) is 0 Å². The third-order valence-corrected chi connectivity index (χ3v) is 2.23. The number of terminal acetylenes is 1. The van der Waals surface area contributed by atoms with Crippen molar-refractivity contribution >= 4 is 12.0 Å². The Bertz CT molecular complexity index is 323. The molecule has 1 unspecified atom stereocenters. The Morgan fingerprint density at radius 1 is 1.37 bits per heavy atom. The van der Waals surface area contributed by atoms with Crippen molar-refractivity contribution in [2.24, 2.45) is 0 Å². The highest BCUT2D eigenvalue weighted by atomic mass is 16.5. The van der Waals surface area contributed by atoms with Crippen molar-refractivity contribution in [1.29, 1.82) is 0 Å². The number of nitrogens with one attached hydrogen (secondary N) is 2. The van der Waals surface area contributed by atoms with Gasteiger partial charge < -0.3 is 20.5 Å². The SMILES string of the molecule is C#CCC(NC(=O)NCCCCOC(C)C)C(=O)O. The van der Waals surface area contributed by atoms with Crippen LogP contribution in [0.1, 0.15) is 33.1 Å². The van der Waals surface area contributed by atoms with Gasteiger partial charge in [-0.05, 0) is 26.7 Å². The van der Waals surface area contributed by atoms with E-state index in [0.717, 1.165) is 12.8 Å². The highest BCUT2D eigenvalue weighted by Crippen LogP contribution is 1.94. The minimum atomic E-state index is -1.14. The van der Waals surface area contributed by atoms with Gasteiger partial charge in [-0.3, -0.25) is 0 Å². The van der Waals surface area contributed by atoms with Crippen molar-refractivity contribution in [1.82, 2.24) is 10.6 Å². The van der Waals surface area contributed by atoms with Gasteiger partial charge in [0, 0.05) is 19.6 Å². The molecule has 0 rings (SSSR count). The Balaban J connectivity index is 3.69. The monoisotopic (exact) mass is 270 g/mol. The number of amides is 2. The fourth-order valence-corrected chi connectivity index (χ4v) is 1.28. The van der Waals surface area contributed by atoms with Crippen LogP contribution in [0.15, 0.2) is 0 Å². The van der Waals surface area contributed by atoms with E-state index >= 15 is 0 Å². The van der Waals surface area contributed by atoms with Crippen molar-refractivity contribution < 1.29 is 19.4 Å². The summed E-state index contributed by atoms with van der Waals surface area (Å²) in [6.45, 7) is 5.04. The second kappa shape index (κ2) is 10.2. The minimum absolute atomic E-state index is 0.0367. The number of unbranched alkanes of at least 4 members (excludes halogenated alkanes) is 1. The first-order valence-electron chi connectivity index (χ1n) is 6.29. The Morgan fingerprint density at radius 2 is 2.05 bits per heavy atom. The van der Waals surface area contributed by atoms with Crippen LogP contribution >= 0.6 is 0 Å². The molecule has 0 saturated heterocycles. The number of carboxylic acids is 1. The van der Waals surface area contributed by atoms with Gasteiger partial charge in [0.2, 0.25) is 0 Å². The number of carbonyl (C=O) groups excluding carboxylic acids is 1. The van der Waals surface area contributed by atoms with E-state index in [4.69, 9.17) is 16.3 Å². The normalized spacial score (nSPS) is 11.7. The van der Waals surface area contributed by atoms with Gasteiger partial charge in [-0.1, -0.05) is 0 Å². The third kappa shape index (κ3) is 9.92. The Morgan fingerprint density at radius 3 is 2.58 bits per heavy atom. The van der Waals surface area contributed by atoms with Crippen LogP contribution in [-0.2, 0) is 9.53 Å². The zero-order valence-corrected chi connectivity index (χ0v) is 11.4. The van der Waals surface area contributed by atoms with Gasteiger partial charge in [-0.2, -0.15) is 0 Å². The third-order valence-electron chi connectivity index (χ3n) is 2.23. The van der Waals surface area contributed by atoms with Crippen LogP contribution in [0.2, 0.25) is 0 Å². The molecule has 3 N–H and O–H groups in total. The van der Waals surface area contributed by atoms with Crippen LogP contribution < -0.4 is 10.6 Å². The van der Waals surface area contributed by atoms with Gasteiger partial charge in [0.1, 0.15) is 6.04 Å². The lowest BCUT2D eigenvalue weighted by molar-refractivity contribution is -0.139. The summed E-state index contributed by atoms with van der Waals surface area (Å²) in [6, 6.07) is -1.57. The molecular formula is C13H22N2O4. The van der Waals surface area contributed by atoms with Gasteiger partial charge >= 0.3 is 12.0 Å². The number of ether oxygens (including phenoxy) is 1. The van der Waals surface area contributed by atoms with Gasteiger partial charge in [0.05, 0.1) is 6.10 Å². The van der Waals surface area contributed by atoms with Crippen molar-refractivity contribution in [3.8, 4) is 12.3 Å². The van der Waals surface area contributed by atoms with E-state index in [1.54, 1.807) is 0 Å². The predicted molar refractivity (Wildman–Crippen MR) is 71.7 cm³/mol. The van der Waals surface area contributed by atoms with Crippen LogP contribution in [0.4, 0.5) is 4.79 Å². The van der Waals surface area contributed by atoms with Gasteiger partial charge in [0.25, 0.3) is 0 Å². The number of urea groups is 1. The lowest BCUT2D eigenvalue weighted by Gasteiger charge is -2.13. The number of carboxylic acid groups (broad SMARTS) is 1. The van der Waals surface area contributed by atoms with Crippen LogP contribution in [0, 0.1) is 12.3 Å². The summed E-state index contributed by atoms with van der Waals surface area (Å²) >= 11 is 0. The van der Waals surface area contributed by atoms with Gasteiger partial charge in [-0.25, -0.2) is 9.59 Å². The molecule has 0 aliphatic heterocycles. The summed E-state index contributed by atoms with van der Waals surface area (Å²) in [5.74, 6) is 1.07. The maximum absolute atomic E-state index is 11.4. The predicted octanol–water partition coefficient (Wildman–Crippen LogP) is 0.967. The molecule has 19 heavy (non-hydrogen) atoms. The first kappa shape index (κ1) is 17.3. The molecule has 6 nitrogen and oxygen atoms in total. The highest BCUT2D eigenvalue weighted by Gasteiger charge is 2.18. The maximum atomic E-state index is 11.4. The lowest BCUT2D eigenvalue weighted by atomic mass is 10.2. The molecule has 0 heterocycles. The molecule has 0 aromatic carbocycles. The molecule has 0 bridgehead atoms. The van der Waals surface area contributed by atoms with E-state index in [2.05, 4.69) is 16.6 Å². The molecule has 0 spiro atoms. The van der Waals surface area contributed by atoms with Gasteiger partial charge in [0.15, 0.2) is 0 Å². The van der Waals surface area contributed by atoms with E-state index in [0.29, 0.717) is 13.2 Å². The largest absolute Gasteiger partial charge is 0.480 e. The molecule has 0 radical (unpaired) electrons. The Labute approximate surface area is 113 Å². The van der Waals surface area contributed by atoms with E-state index in [1.165, 1.54) is 0 Å². The summed E-state index contributed by atoms with van der Waals surface area (Å²) in [6.07, 6.45) is 6.80. The number of hydrogen-bond acceptors (Lipinski definition) is 3. The Hall–Kier alpha value is -1.74. The smallest absolute Gasteiger partial charge is 0.327 e. The molecule has 6 heteroatoms. The van der Waals surface area contributed by atoms with E-state index in [-0.39, 0.29) is 12.5 Å². The number of rotatable bonds is 9. The van der Waals surface area contributed by atoms with Crippen LogP contribution in [0.25, 0.3) is 0 Å². The number of carbonyl (C=O) groups is 2. The lowest BCUT2D eigenvalue weighted by Crippen LogP contribution is -2.46. The van der Waals surface area contributed by atoms with E-state index < -0.39 is 18.0 Å². The molecule has 1 atom stereocenters. The minimum Gasteiger partial charge on any atom is -0.480 e. The quantitative estimate of drug-likeness (QED) is 0.430. The second-order valence-electron chi connectivity index (χ2n) is 4.33. The molecule has 0 aliphatic rings. The van der Waals surface area contributed by atoms with Crippen molar-refractivity contribution in [3.63, 3.8) is 0 Å². The summed E-state index contributed by atoms with van der Waals surface area (Å²) in [5.41, 5.74) is 0. The topological polar surface area (TPSA) is 87.7 Å². The zero-order valence-electron chi connectivity index (χ0n) is 11.4. The first-order chi connectivity index (χ1) is 8.97. The molecule has 0 aromatic rings. The van der Waals surface area contributed by atoms with Crippen LogP contribution in [-0.4, -0.2) is 42.4 Å². The van der Waals surface area contributed by atoms with E-state index in [9.17, 15) is 9.59 Å². The zero-order chi connectivity index (χ0) is 14.7. The Kier molecular flexibility index (Phi) is 9.27. The van der Waals surface area contributed by atoms with Crippen LogP contribution in [0.3, 0.4) is 0 Å². The molecule has 0 aromatic heterocycles. The molecule has 0 fully saturated rings. The van der Waals surface area contributed by atoms with Gasteiger partial charge in [-0.15, -0.1) is 12.3 Å². The van der Waals surface area contributed by atoms with E-state index in [1.807, 2.05) is 13.8 Å². The first-order valence-corrected chi connectivity index (χ1v) is 6.29. The molecule has 0 saturated carbocycles. The summed E-state index contributed by atoms with van der Waals surface area (Å²) < 4.78 is 5.35. The number of hydrogen-bond donors (Lipinski definition) is 3. The molecular weight excluding hydrogens is 248 g/mol. The van der Waals surface area contributed by atoms with Crippen molar-refractivity contribution in [3.05, 3.63) is 0 Å². The number of aliphatic carboxylic acids is 1. The standard InChI is InChI=1S/C13H22N2O4/c1-4-7-11(12(16)17)15-13(18)14-8-5-6-9-19-10(2)3/h1,10-11H,5-9H2,2-3H3,(H,16,17)(H2,14,15,18). The fraction of sp³-hybridized carbons (Fsp3) is 0.692. The van der Waals surface area contributed by atoms with Crippen molar-refractivity contribution in [2.75, 3.05) is 13.2 Å². The maximum Gasteiger partial charge on any atom is 0.327 e. The van der Waals surface area contributed by atoms with Crippen molar-refractivity contribution in [2.45, 2.75) is 45.3 Å². The summed E-state index contributed by atoms with van der Waals surface area (Å²) in [5, 5.41) is 13.7. The molecule has 0 aliphatic carbocycles. The summed E-state index contributed by atoms with van der Waals surface area (Å²) in [7, 11) is 0. The summed E-state index contributed by atoms with van der Waals surface area (Å²) in [4.78, 5) is 22.1. The average Bonchev–Trinajstić information content (AvgIpc) is 2.32. The average molecular weight is 270 g/mol. The molecule has 108 valence electrons. The second-order valence-corrected chi connectivity index (χ2v) is 4.33. The highest BCUT2D eigenvalue weighted by molar-refractivity contribution is 5.82.